The maximum atomic E-state index is 14.5. The van der Waals surface area contributed by atoms with Gasteiger partial charge >= 0.3 is 0 Å². The molecule has 11 heteroatoms. The van der Waals surface area contributed by atoms with E-state index >= 15 is 0 Å². The highest BCUT2D eigenvalue weighted by molar-refractivity contribution is 6.09. The van der Waals surface area contributed by atoms with E-state index in [0.29, 0.717) is 40.9 Å². The predicted molar refractivity (Wildman–Crippen MR) is 131 cm³/mol. The van der Waals surface area contributed by atoms with Crippen molar-refractivity contribution >= 4 is 28.6 Å². The van der Waals surface area contributed by atoms with Crippen LogP contribution in [0.4, 0.5) is 20.2 Å². The summed E-state index contributed by atoms with van der Waals surface area (Å²) < 4.78 is 30.0. The second-order valence-corrected chi connectivity index (χ2v) is 8.39. The molecule has 36 heavy (non-hydrogen) atoms. The first-order valence-electron chi connectivity index (χ1n) is 11.2. The van der Waals surface area contributed by atoms with Gasteiger partial charge in [0.15, 0.2) is 5.84 Å². The van der Waals surface area contributed by atoms with Crippen molar-refractivity contribution in [2.75, 3.05) is 16.8 Å². The van der Waals surface area contributed by atoms with Crippen LogP contribution < -0.4 is 16.1 Å². The molecule has 1 fully saturated rings. The predicted octanol–water partition coefficient (Wildman–Crippen LogP) is 4.86. The van der Waals surface area contributed by atoms with Gasteiger partial charge in [-0.3, -0.25) is 10.2 Å². The fourth-order valence-corrected chi connectivity index (χ4v) is 4.52. The van der Waals surface area contributed by atoms with Gasteiger partial charge in [-0.25, -0.2) is 13.3 Å². The Balaban J connectivity index is 1.40. The normalized spacial score (nSPS) is 15.6. The molecule has 5 rings (SSSR count). The third-order valence-electron chi connectivity index (χ3n) is 6.23. The lowest BCUT2D eigenvalue weighted by Crippen LogP contribution is -2.23. The number of halogens is 2. The van der Waals surface area contributed by atoms with Crippen LogP contribution in [0.25, 0.3) is 5.52 Å². The van der Waals surface area contributed by atoms with E-state index in [0.717, 1.165) is 24.2 Å². The first-order chi connectivity index (χ1) is 17.4. The van der Waals surface area contributed by atoms with Crippen molar-refractivity contribution in [3.8, 4) is 0 Å². The summed E-state index contributed by atoms with van der Waals surface area (Å²) in [5.41, 5.74) is 3.08. The van der Waals surface area contributed by atoms with Gasteiger partial charge in [0.2, 0.25) is 0 Å². The number of hydrogen-bond donors (Lipinski definition) is 3. The Hall–Kier alpha value is -4.67. The van der Waals surface area contributed by atoms with Crippen LogP contribution in [-0.2, 0) is 0 Å². The monoisotopic (exact) mass is 488 g/mol. The zero-order valence-corrected chi connectivity index (χ0v) is 19.0. The highest BCUT2D eigenvalue weighted by Crippen LogP contribution is 2.38. The first-order valence-corrected chi connectivity index (χ1v) is 11.2. The molecule has 9 nitrogen and oxygen atoms in total. The summed E-state index contributed by atoms with van der Waals surface area (Å²) >= 11 is 0. The fraction of sp³-hybridized carbons (Fsp3) is 0.160. The van der Waals surface area contributed by atoms with Crippen LogP contribution in [-0.4, -0.2) is 27.9 Å². The van der Waals surface area contributed by atoms with Crippen molar-refractivity contribution in [3.63, 3.8) is 0 Å². The number of hydrogen-bond acceptors (Lipinski definition) is 5. The molecule has 0 bridgehead atoms. The molecule has 0 spiro atoms. The van der Waals surface area contributed by atoms with Gasteiger partial charge in [-0.1, -0.05) is 5.22 Å². The van der Waals surface area contributed by atoms with Crippen LogP contribution in [0.5, 0.6) is 0 Å². The summed E-state index contributed by atoms with van der Waals surface area (Å²) in [7, 11) is 0. The van der Waals surface area contributed by atoms with Crippen LogP contribution in [0.15, 0.2) is 77.3 Å². The Morgan fingerprint density at radius 3 is 2.72 bits per heavy atom. The Kier molecular flexibility index (Phi) is 6.11. The lowest BCUT2D eigenvalue weighted by atomic mass is 10.0. The second-order valence-electron chi connectivity index (χ2n) is 8.39. The van der Waals surface area contributed by atoms with Crippen molar-refractivity contribution in [2.24, 2.45) is 16.2 Å². The van der Waals surface area contributed by atoms with E-state index in [9.17, 15) is 13.6 Å². The number of fused-ring (bicyclic) bond motifs is 1. The van der Waals surface area contributed by atoms with Crippen molar-refractivity contribution in [1.82, 2.24) is 9.61 Å². The number of aromatic nitrogens is 2. The molecular formula is C25H22F2N8O. The number of nitrogens with one attached hydrogen (secondary N) is 2. The largest absolute Gasteiger partial charge is 0.364 e. The first kappa shape index (κ1) is 23.1. The van der Waals surface area contributed by atoms with Gasteiger partial charge in [-0.15, -0.1) is 5.11 Å². The van der Waals surface area contributed by atoms with Crippen LogP contribution in [0, 0.1) is 17.0 Å². The molecule has 0 aliphatic carbocycles. The highest BCUT2D eigenvalue weighted by Gasteiger charge is 2.29. The van der Waals surface area contributed by atoms with E-state index in [1.807, 2.05) is 17.0 Å². The highest BCUT2D eigenvalue weighted by atomic mass is 19.1. The van der Waals surface area contributed by atoms with E-state index in [4.69, 9.17) is 11.3 Å². The van der Waals surface area contributed by atoms with Crippen LogP contribution in [0.2, 0.25) is 0 Å². The summed E-state index contributed by atoms with van der Waals surface area (Å²) in [6.45, 7) is 0.678. The van der Waals surface area contributed by atoms with E-state index < -0.39 is 11.6 Å². The van der Waals surface area contributed by atoms with Gasteiger partial charge in [0.25, 0.3) is 5.91 Å². The molecule has 1 aliphatic heterocycles. The Bertz CT molecular complexity index is 1480. The topological polar surface area (TPSA) is 124 Å². The van der Waals surface area contributed by atoms with E-state index in [2.05, 4.69) is 20.8 Å². The zero-order valence-electron chi connectivity index (χ0n) is 19.0. The number of amidine groups is 1. The summed E-state index contributed by atoms with van der Waals surface area (Å²) in [5.74, 6) is 3.61. The molecule has 3 heterocycles. The molecule has 1 saturated heterocycles. The van der Waals surface area contributed by atoms with Gasteiger partial charge in [0.1, 0.15) is 11.6 Å². The summed E-state index contributed by atoms with van der Waals surface area (Å²) in [4.78, 5) is 15.1. The number of anilines is 2. The number of carbonyl (C=O) groups is 1. The maximum absolute atomic E-state index is 14.5. The number of amides is 1. The van der Waals surface area contributed by atoms with Gasteiger partial charge in [-0.05, 0) is 67.4 Å². The maximum Gasteiger partial charge on any atom is 0.259 e. The molecule has 1 amide bonds. The van der Waals surface area contributed by atoms with E-state index in [1.165, 1.54) is 12.3 Å². The number of nitrogens with two attached hydrogens (primary N) is 1. The standard InChI is InChI=1S/C25H22F2N8O/c26-16-5-8-21(27)19(12-16)22-2-1-10-34(22)18-9-11-35-23(13-18)20(14-30-35)25(36)31-17-6-3-15(4-7-17)24(28)32-33-29/h3-9,11-14,22H,1-2,10H2,(H,31,36)(H3,28,29,32)/t22-/m1/s1. The van der Waals surface area contributed by atoms with Crippen molar-refractivity contribution in [2.45, 2.75) is 18.9 Å². The Morgan fingerprint density at radius 1 is 1.14 bits per heavy atom. The average molecular weight is 489 g/mol. The minimum atomic E-state index is -0.475. The van der Waals surface area contributed by atoms with Crippen LogP contribution >= 0.6 is 0 Å². The third kappa shape index (κ3) is 4.38. The molecule has 1 atom stereocenters. The molecule has 1 aliphatic rings. The lowest BCUT2D eigenvalue weighted by molar-refractivity contribution is 0.102. The molecule has 2 aromatic heterocycles. The molecule has 0 unspecified atom stereocenters. The lowest BCUT2D eigenvalue weighted by Gasteiger charge is -2.27. The second kappa shape index (κ2) is 9.53. The molecule has 4 aromatic rings. The van der Waals surface area contributed by atoms with Gasteiger partial charge in [0, 0.05) is 35.2 Å². The Labute approximate surface area is 204 Å². The Morgan fingerprint density at radius 2 is 1.94 bits per heavy atom. The number of rotatable bonds is 5. The van der Waals surface area contributed by atoms with E-state index in [1.54, 1.807) is 35.0 Å². The number of carbonyl (C=O) groups excluding carboxylic acids is 1. The molecule has 0 saturated carbocycles. The molecule has 182 valence electrons. The van der Waals surface area contributed by atoms with E-state index in [-0.39, 0.29) is 17.8 Å². The van der Waals surface area contributed by atoms with Crippen molar-refractivity contribution in [3.05, 3.63) is 95.3 Å². The summed E-state index contributed by atoms with van der Waals surface area (Å²) in [6, 6.07) is 13.4. The molecule has 4 N–H and O–H groups in total. The van der Waals surface area contributed by atoms with Crippen LogP contribution in [0.1, 0.15) is 40.4 Å². The van der Waals surface area contributed by atoms with Gasteiger partial charge in [0.05, 0.1) is 23.3 Å². The van der Waals surface area contributed by atoms with Crippen molar-refractivity contribution in [1.29, 1.82) is 5.41 Å². The minimum Gasteiger partial charge on any atom is -0.364 e. The van der Waals surface area contributed by atoms with Crippen molar-refractivity contribution < 1.29 is 13.6 Å². The third-order valence-corrected chi connectivity index (χ3v) is 6.23. The molecular weight excluding hydrogens is 466 g/mol. The number of pyridine rings is 1. The summed E-state index contributed by atoms with van der Waals surface area (Å²) in [5, 5.41) is 21.4. The smallest absolute Gasteiger partial charge is 0.259 e. The number of benzene rings is 2. The molecule has 2 aromatic carbocycles. The quantitative estimate of drug-likeness (QED) is 0.122. The molecule has 0 radical (unpaired) electrons. The van der Waals surface area contributed by atoms with Gasteiger partial charge < -0.3 is 16.1 Å². The average Bonchev–Trinajstić information content (AvgIpc) is 3.53. The summed E-state index contributed by atoms with van der Waals surface area (Å²) in [6.07, 6.45) is 4.75. The fourth-order valence-electron chi connectivity index (χ4n) is 4.52. The SMILES string of the molecule is N=C(N=NN)c1ccc(NC(=O)c2cnn3ccc(N4CCC[C@@H]4c4cc(F)ccc4F)cc23)cc1. The van der Waals surface area contributed by atoms with Gasteiger partial charge in [-0.2, -0.15) is 5.10 Å². The minimum absolute atomic E-state index is 0.0936. The number of nitrogens with zero attached hydrogens (tertiary/aromatic N) is 5. The zero-order chi connectivity index (χ0) is 25.2. The van der Waals surface area contributed by atoms with Crippen LogP contribution in [0.3, 0.4) is 0 Å².